The average molecular weight is 444 g/mol. The van der Waals surface area contributed by atoms with Crippen molar-refractivity contribution in [2.45, 2.75) is 64.6 Å². The van der Waals surface area contributed by atoms with E-state index in [0.29, 0.717) is 22.1 Å². The first-order valence-electron chi connectivity index (χ1n) is 10.7. The Morgan fingerprint density at radius 2 is 1.97 bits per heavy atom. The van der Waals surface area contributed by atoms with Crippen LogP contribution in [0.2, 0.25) is 5.28 Å². The molecule has 2 heterocycles. The standard InChI is InChI=1S/C23H26ClN3O4/c1-14(2)27-19-10-8-15(12-18(19)25-23(27)24)21(28)26(16-6-4-3-5-7-16)13-17-9-11-20(31-17)22(29)30/h8-12,14,16H,3-7,13H2,1-2H3,(H,29,30). The van der Waals surface area contributed by atoms with Crippen molar-refractivity contribution >= 4 is 34.5 Å². The number of hydrogen-bond donors (Lipinski definition) is 1. The molecule has 4 rings (SSSR count). The summed E-state index contributed by atoms with van der Waals surface area (Å²) in [5.41, 5.74) is 2.10. The topological polar surface area (TPSA) is 88.6 Å². The molecule has 0 aliphatic heterocycles. The molecule has 1 fully saturated rings. The molecule has 8 heteroatoms. The zero-order valence-corrected chi connectivity index (χ0v) is 18.4. The lowest BCUT2D eigenvalue weighted by Gasteiger charge is -2.34. The highest BCUT2D eigenvalue weighted by Gasteiger charge is 2.28. The SMILES string of the molecule is CC(C)n1c(Cl)nc2cc(C(=O)N(Cc3ccc(C(=O)O)o3)C3CCCCC3)ccc21. The van der Waals surface area contributed by atoms with Crippen molar-refractivity contribution < 1.29 is 19.1 Å². The number of carboxylic acid groups (broad SMARTS) is 1. The number of furan rings is 1. The van der Waals surface area contributed by atoms with E-state index in [1.807, 2.05) is 35.4 Å². The number of fused-ring (bicyclic) bond motifs is 1. The minimum absolute atomic E-state index is 0.0899. The van der Waals surface area contributed by atoms with Crippen molar-refractivity contribution in [2.24, 2.45) is 0 Å². The Hall–Kier alpha value is -2.80. The molecule has 1 amide bonds. The summed E-state index contributed by atoms with van der Waals surface area (Å²) >= 11 is 6.31. The number of hydrogen-bond acceptors (Lipinski definition) is 4. The molecule has 1 aromatic carbocycles. The van der Waals surface area contributed by atoms with Crippen LogP contribution < -0.4 is 0 Å². The third-order valence-electron chi connectivity index (χ3n) is 5.88. The van der Waals surface area contributed by atoms with Crippen molar-refractivity contribution in [1.29, 1.82) is 0 Å². The number of carboxylic acids is 1. The maximum atomic E-state index is 13.6. The van der Waals surface area contributed by atoms with Gasteiger partial charge in [-0.25, -0.2) is 9.78 Å². The quantitative estimate of drug-likeness (QED) is 0.540. The monoisotopic (exact) mass is 443 g/mol. The highest BCUT2D eigenvalue weighted by atomic mass is 35.5. The summed E-state index contributed by atoms with van der Waals surface area (Å²) in [6, 6.07) is 8.77. The van der Waals surface area contributed by atoms with Crippen LogP contribution in [0.25, 0.3) is 11.0 Å². The molecule has 0 bridgehead atoms. The molecule has 0 radical (unpaired) electrons. The molecule has 2 aromatic heterocycles. The minimum Gasteiger partial charge on any atom is -0.475 e. The Bertz CT molecular complexity index is 1110. The lowest BCUT2D eigenvalue weighted by molar-refractivity contribution is 0.0590. The molecule has 164 valence electrons. The zero-order valence-electron chi connectivity index (χ0n) is 17.7. The van der Waals surface area contributed by atoms with Crippen LogP contribution >= 0.6 is 11.6 Å². The van der Waals surface area contributed by atoms with Gasteiger partial charge in [-0.1, -0.05) is 19.3 Å². The second kappa shape index (κ2) is 8.75. The lowest BCUT2D eigenvalue weighted by Crippen LogP contribution is -2.40. The van der Waals surface area contributed by atoms with Crippen LogP contribution in [0.5, 0.6) is 0 Å². The number of carbonyl (C=O) groups excluding carboxylic acids is 1. The average Bonchev–Trinajstić information content (AvgIpc) is 3.35. The van der Waals surface area contributed by atoms with Gasteiger partial charge in [0.1, 0.15) is 5.76 Å². The first-order valence-corrected chi connectivity index (χ1v) is 11.0. The van der Waals surface area contributed by atoms with Gasteiger partial charge in [-0.2, -0.15) is 0 Å². The Morgan fingerprint density at radius 3 is 2.61 bits per heavy atom. The van der Waals surface area contributed by atoms with Crippen molar-refractivity contribution in [2.75, 3.05) is 0 Å². The second-order valence-corrected chi connectivity index (χ2v) is 8.68. The zero-order chi connectivity index (χ0) is 22.1. The van der Waals surface area contributed by atoms with Crippen molar-refractivity contribution in [3.05, 3.63) is 52.7 Å². The van der Waals surface area contributed by atoms with Crippen LogP contribution in [0, 0.1) is 0 Å². The highest BCUT2D eigenvalue weighted by Crippen LogP contribution is 2.29. The Morgan fingerprint density at radius 1 is 1.23 bits per heavy atom. The molecule has 1 aliphatic carbocycles. The smallest absolute Gasteiger partial charge is 0.371 e. The number of amides is 1. The maximum Gasteiger partial charge on any atom is 0.371 e. The fraction of sp³-hybridized carbons (Fsp3) is 0.435. The van der Waals surface area contributed by atoms with Gasteiger partial charge in [0.05, 0.1) is 17.6 Å². The van der Waals surface area contributed by atoms with Crippen molar-refractivity contribution in [3.63, 3.8) is 0 Å². The summed E-state index contributed by atoms with van der Waals surface area (Å²) in [5, 5.41) is 9.54. The fourth-order valence-corrected chi connectivity index (χ4v) is 4.74. The van der Waals surface area contributed by atoms with E-state index in [0.717, 1.165) is 31.2 Å². The maximum absolute atomic E-state index is 13.6. The first kappa shape index (κ1) is 21.4. The summed E-state index contributed by atoms with van der Waals surface area (Å²) in [5.74, 6) is -0.895. The van der Waals surface area contributed by atoms with Gasteiger partial charge < -0.3 is 19.0 Å². The molecule has 0 unspecified atom stereocenters. The van der Waals surface area contributed by atoms with E-state index in [-0.39, 0.29) is 30.3 Å². The molecular formula is C23H26ClN3O4. The number of halogens is 1. The van der Waals surface area contributed by atoms with E-state index in [9.17, 15) is 9.59 Å². The summed E-state index contributed by atoms with van der Waals surface area (Å²) in [4.78, 5) is 31.0. The highest BCUT2D eigenvalue weighted by molar-refractivity contribution is 6.29. The van der Waals surface area contributed by atoms with Crippen LogP contribution in [-0.4, -0.2) is 37.5 Å². The summed E-state index contributed by atoms with van der Waals surface area (Å²) in [6.45, 7) is 4.30. The molecule has 31 heavy (non-hydrogen) atoms. The third-order valence-corrected chi connectivity index (χ3v) is 6.15. The van der Waals surface area contributed by atoms with Gasteiger partial charge in [0.2, 0.25) is 11.0 Å². The van der Waals surface area contributed by atoms with Gasteiger partial charge >= 0.3 is 5.97 Å². The third kappa shape index (κ3) is 4.32. The minimum atomic E-state index is -1.12. The van der Waals surface area contributed by atoms with E-state index in [4.69, 9.17) is 21.1 Å². The Labute approximate surface area is 185 Å². The van der Waals surface area contributed by atoms with Crippen LogP contribution in [0.15, 0.2) is 34.7 Å². The number of rotatable bonds is 6. The number of nitrogens with zero attached hydrogens (tertiary/aromatic N) is 3. The summed E-state index contributed by atoms with van der Waals surface area (Å²) < 4.78 is 7.37. The number of aromatic nitrogens is 2. The van der Waals surface area contributed by atoms with Gasteiger partial charge in [0.15, 0.2) is 0 Å². The molecule has 7 nitrogen and oxygen atoms in total. The van der Waals surface area contributed by atoms with Gasteiger partial charge in [0.25, 0.3) is 5.91 Å². The number of carbonyl (C=O) groups is 2. The van der Waals surface area contributed by atoms with Gasteiger partial charge in [-0.3, -0.25) is 4.79 Å². The van der Waals surface area contributed by atoms with Crippen molar-refractivity contribution in [3.8, 4) is 0 Å². The molecule has 1 aliphatic rings. The van der Waals surface area contributed by atoms with Gasteiger partial charge in [-0.15, -0.1) is 0 Å². The molecular weight excluding hydrogens is 418 g/mol. The summed E-state index contributed by atoms with van der Waals surface area (Å²) in [7, 11) is 0. The van der Waals surface area contributed by atoms with Gasteiger partial charge in [-0.05, 0) is 68.6 Å². The van der Waals surface area contributed by atoms with Gasteiger partial charge in [0, 0.05) is 17.6 Å². The molecule has 0 atom stereocenters. The normalized spacial score (nSPS) is 15.0. The van der Waals surface area contributed by atoms with E-state index in [1.165, 1.54) is 12.5 Å². The van der Waals surface area contributed by atoms with Crippen LogP contribution in [-0.2, 0) is 6.54 Å². The number of imidazole rings is 1. The molecule has 1 saturated carbocycles. The Kier molecular flexibility index (Phi) is 6.05. The fourth-order valence-electron chi connectivity index (χ4n) is 4.36. The van der Waals surface area contributed by atoms with E-state index in [2.05, 4.69) is 4.98 Å². The number of aromatic carboxylic acids is 1. The predicted molar refractivity (Wildman–Crippen MR) is 118 cm³/mol. The Balaban J connectivity index is 1.66. The molecule has 0 saturated heterocycles. The second-order valence-electron chi connectivity index (χ2n) is 8.34. The molecule has 3 aromatic rings. The molecule has 0 spiro atoms. The van der Waals surface area contributed by atoms with Crippen LogP contribution in [0.4, 0.5) is 0 Å². The largest absolute Gasteiger partial charge is 0.475 e. The summed E-state index contributed by atoms with van der Waals surface area (Å²) in [6.07, 6.45) is 5.16. The van der Waals surface area contributed by atoms with E-state index >= 15 is 0 Å². The van der Waals surface area contributed by atoms with E-state index in [1.54, 1.807) is 12.1 Å². The lowest BCUT2D eigenvalue weighted by atomic mass is 9.93. The van der Waals surface area contributed by atoms with E-state index < -0.39 is 5.97 Å². The predicted octanol–water partition coefficient (Wildman–Crippen LogP) is 5.54. The van der Waals surface area contributed by atoms with Crippen LogP contribution in [0.1, 0.15) is 78.7 Å². The first-order chi connectivity index (χ1) is 14.8. The number of benzene rings is 1. The molecule has 1 N–H and O–H groups in total. The van der Waals surface area contributed by atoms with Crippen molar-refractivity contribution in [1.82, 2.24) is 14.5 Å². The van der Waals surface area contributed by atoms with Crippen LogP contribution in [0.3, 0.4) is 0 Å².